The fraction of sp³-hybridized carbons (Fsp3) is 0.529. The maximum Gasteiger partial charge on any atom is 0.339 e. The van der Waals surface area contributed by atoms with Gasteiger partial charge in [0.05, 0.1) is 17.2 Å². The predicted octanol–water partition coefficient (Wildman–Crippen LogP) is 3.90. The van der Waals surface area contributed by atoms with E-state index in [2.05, 4.69) is 0 Å². The van der Waals surface area contributed by atoms with Crippen molar-refractivity contribution in [2.75, 3.05) is 0 Å². The van der Waals surface area contributed by atoms with E-state index in [4.69, 9.17) is 9.84 Å². The first-order valence-corrected chi connectivity index (χ1v) is 7.61. The molecule has 0 amide bonds. The number of ether oxygens (including phenoxy) is 1. The van der Waals surface area contributed by atoms with Crippen molar-refractivity contribution in [2.24, 2.45) is 5.92 Å². The minimum absolute atomic E-state index is 0.00707. The molecule has 1 saturated carbocycles. The zero-order chi connectivity index (χ0) is 15.2. The molecule has 0 bridgehead atoms. The second kappa shape index (κ2) is 7.25. The van der Waals surface area contributed by atoms with Gasteiger partial charge in [-0.3, -0.25) is 0 Å². The van der Waals surface area contributed by atoms with E-state index >= 15 is 0 Å². The van der Waals surface area contributed by atoms with Crippen LogP contribution in [0.4, 0.5) is 0 Å². The van der Waals surface area contributed by atoms with E-state index < -0.39 is 11.9 Å². The first-order chi connectivity index (χ1) is 10.1. The third kappa shape index (κ3) is 4.31. The highest BCUT2D eigenvalue weighted by Crippen LogP contribution is 2.28. The van der Waals surface area contributed by atoms with Crippen LogP contribution in [0.5, 0.6) is 0 Å². The predicted molar refractivity (Wildman–Crippen MR) is 79.5 cm³/mol. The van der Waals surface area contributed by atoms with Gasteiger partial charge in [0.1, 0.15) is 0 Å². The Morgan fingerprint density at radius 1 is 1.19 bits per heavy atom. The summed E-state index contributed by atoms with van der Waals surface area (Å²) < 4.78 is 5.43. The van der Waals surface area contributed by atoms with Gasteiger partial charge in [-0.1, -0.05) is 44.2 Å². The summed E-state index contributed by atoms with van der Waals surface area (Å²) in [5.74, 6) is -1.03. The van der Waals surface area contributed by atoms with E-state index in [1.807, 2.05) is 6.92 Å². The summed E-state index contributed by atoms with van der Waals surface area (Å²) in [5, 5.41) is 9.10. The number of hydrogen-bond acceptors (Lipinski definition) is 3. The molecule has 1 N–H and O–H groups in total. The van der Waals surface area contributed by atoms with Crippen LogP contribution in [0.2, 0.25) is 0 Å². The third-order valence-electron chi connectivity index (χ3n) is 4.08. The molecule has 4 heteroatoms. The van der Waals surface area contributed by atoms with E-state index in [0.717, 1.165) is 6.42 Å². The quantitative estimate of drug-likeness (QED) is 0.835. The summed E-state index contributed by atoms with van der Waals surface area (Å²) >= 11 is 0. The molecular weight excluding hydrogens is 268 g/mol. The Morgan fingerprint density at radius 3 is 2.43 bits per heavy atom. The molecule has 0 aliphatic heterocycles. The maximum absolute atomic E-state index is 12.1. The van der Waals surface area contributed by atoms with E-state index in [1.165, 1.54) is 44.2 Å². The summed E-state index contributed by atoms with van der Waals surface area (Å²) in [7, 11) is 0. The number of carboxylic acid groups (broad SMARTS) is 1. The Hall–Kier alpha value is -1.84. The van der Waals surface area contributed by atoms with E-state index in [-0.39, 0.29) is 17.2 Å². The molecule has 0 aromatic heterocycles. The van der Waals surface area contributed by atoms with Crippen LogP contribution in [0.3, 0.4) is 0 Å². The van der Waals surface area contributed by atoms with Gasteiger partial charge in [-0.25, -0.2) is 9.59 Å². The number of esters is 1. The van der Waals surface area contributed by atoms with Gasteiger partial charge >= 0.3 is 11.9 Å². The molecule has 4 nitrogen and oxygen atoms in total. The molecule has 1 fully saturated rings. The lowest BCUT2D eigenvalue weighted by Gasteiger charge is -2.24. The minimum atomic E-state index is -1.11. The molecule has 1 aliphatic carbocycles. The number of benzene rings is 1. The van der Waals surface area contributed by atoms with Crippen LogP contribution < -0.4 is 0 Å². The van der Waals surface area contributed by atoms with Crippen LogP contribution >= 0.6 is 0 Å². The molecule has 0 unspecified atom stereocenters. The number of hydrogen-bond donors (Lipinski definition) is 1. The first-order valence-electron chi connectivity index (χ1n) is 7.61. The van der Waals surface area contributed by atoms with Crippen molar-refractivity contribution in [1.82, 2.24) is 0 Å². The number of carbonyl (C=O) groups is 2. The largest absolute Gasteiger partial charge is 0.478 e. The lowest BCUT2D eigenvalue weighted by molar-refractivity contribution is 0.0269. The first kappa shape index (κ1) is 15.5. The summed E-state index contributed by atoms with van der Waals surface area (Å²) in [4.78, 5) is 23.3. The Balaban J connectivity index is 1.96. The van der Waals surface area contributed by atoms with Crippen molar-refractivity contribution in [3.63, 3.8) is 0 Å². The SMILES string of the molecule is C[C@H](CC1CCCCC1)OC(=O)c1ccccc1C(=O)O. The topological polar surface area (TPSA) is 63.6 Å². The second-order valence-electron chi connectivity index (χ2n) is 5.81. The van der Waals surface area contributed by atoms with Gasteiger partial charge in [0.2, 0.25) is 0 Å². The van der Waals surface area contributed by atoms with Gasteiger partial charge in [-0.15, -0.1) is 0 Å². The van der Waals surface area contributed by atoms with Crippen LogP contribution in [-0.2, 0) is 4.74 Å². The highest BCUT2D eigenvalue weighted by atomic mass is 16.5. The van der Waals surface area contributed by atoms with Gasteiger partial charge < -0.3 is 9.84 Å². The average molecular weight is 290 g/mol. The maximum atomic E-state index is 12.1. The molecule has 0 heterocycles. The fourth-order valence-electron chi connectivity index (χ4n) is 3.03. The third-order valence-corrected chi connectivity index (χ3v) is 4.08. The minimum Gasteiger partial charge on any atom is -0.478 e. The van der Waals surface area contributed by atoms with Gasteiger partial charge in [-0.05, 0) is 31.4 Å². The van der Waals surface area contributed by atoms with Crippen molar-refractivity contribution in [3.8, 4) is 0 Å². The van der Waals surface area contributed by atoms with Crippen molar-refractivity contribution >= 4 is 11.9 Å². The van der Waals surface area contributed by atoms with Crippen molar-refractivity contribution in [1.29, 1.82) is 0 Å². The van der Waals surface area contributed by atoms with Gasteiger partial charge in [0.25, 0.3) is 0 Å². The fourth-order valence-corrected chi connectivity index (χ4v) is 3.03. The summed E-state index contributed by atoms with van der Waals surface area (Å²) in [6.45, 7) is 1.88. The summed E-state index contributed by atoms with van der Waals surface area (Å²) in [6, 6.07) is 6.17. The van der Waals surface area contributed by atoms with Crippen molar-refractivity contribution in [2.45, 2.75) is 51.6 Å². The molecule has 0 saturated heterocycles. The van der Waals surface area contributed by atoms with Crippen LogP contribution in [0.1, 0.15) is 66.2 Å². The van der Waals surface area contributed by atoms with Crippen LogP contribution in [0.15, 0.2) is 24.3 Å². The van der Waals surface area contributed by atoms with E-state index in [1.54, 1.807) is 12.1 Å². The van der Waals surface area contributed by atoms with E-state index in [9.17, 15) is 9.59 Å². The molecule has 2 rings (SSSR count). The van der Waals surface area contributed by atoms with Crippen LogP contribution in [0, 0.1) is 5.92 Å². The van der Waals surface area contributed by atoms with Crippen molar-refractivity contribution in [3.05, 3.63) is 35.4 Å². The normalized spacial score (nSPS) is 17.2. The molecule has 0 radical (unpaired) electrons. The van der Waals surface area contributed by atoms with Crippen LogP contribution in [0.25, 0.3) is 0 Å². The molecular formula is C17H22O4. The van der Waals surface area contributed by atoms with Crippen molar-refractivity contribution < 1.29 is 19.4 Å². The molecule has 114 valence electrons. The standard InChI is InChI=1S/C17H22O4/c1-12(11-13-7-3-2-4-8-13)21-17(20)15-10-6-5-9-14(15)16(18)19/h5-6,9-10,12-13H,2-4,7-8,11H2,1H3,(H,18,19)/t12-/m1/s1. The Bertz CT molecular complexity index is 503. The smallest absolute Gasteiger partial charge is 0.339 e. The molecule has 1 aliphatic rings. The number of rotatable bonds is 5. The molecule has 1 aromatic rings. The monoisotopic (exact) mass is 290 g/mol. The molecule has 1 atom stereocenters. The second-order valence-corrected chi connectivity index (χ2v) is 5.81. The Morgan fingerprint density at radius 2 is 1.81 bits per heavy atom. The number of aromatic carboxylic acids is 1. The zero-order valence-corrected chi connectivity index (χ0v) is 12.4. The van der Waals surface area contributed by atoms with Gasteiger partial charge in [-0.2, -0.15) is 0 Å². The van der Waals surface area contributed by atoms with E-state index in [0.29, 0.717) is 5.92 Å². The summed E-state index contributed by atoms with van der Waals surface area (Å²) in [5.41, 5.74) is 0.118. The van der Waals surface area contributed by atoms with Gasteiger partial charge in [0, 0.05) is 0 Å². The lowest BCUT2D eigenvalue weighted by atomic mass is 9.85. The number of carboxylic acids is 1. The Labute approximate surface area is 125 Å². The molecule has 1 aromatic carbocycles. The highest BCUT2D eigenvalue weighted by Gasteiger charge is 2.22. The Kier molecular flexibility index (Phi) is 5.37. The zero-order valence-electron chi connectivity index (χ0n) is 12.4. The highest BCUT2D eigenvalue weighted by molar-refractivity contribution is 6.02. The molecule has 0 spiro atoms. The van der Waals surface area contributed by atoms with Crippen LogP contribution in [-0.4, -0.2) is 23.1 Å². The average Bonchev–Trinajstić information content (AvgIpc) is 2.48. The van der Waals surface area contributed by atoms with Gasteiger partial charge in [0.15, 0.2) is 0 Å². The summed E-state index contributed by atoms with van der Waals surface area (Å²) in [6.07, 6.45) is 6.90. The number of carbonyl (C=O) groups excluding carboxylic acids is 1. The molecule has 21 heavy (non-hydrogen) atoms. The lowest BCUT2D eigenvalue weighted by Crippen LogP contribution is -2.21.